The molecule has 1 aliphatic rings. The Morgan fingerprint density at radius 1 is 1.16 bits per heavy atom. The molecule has 4 heteroatoms. The molecule has 1 aromatic carbocycles. The highest BCUT2D eigenvalue weighted by Gasteiger charge is 2.20. The molecule has 0 spiro atoms. The lowest BCUT2D eigenvalue weighted by molar-refractivity contribution is 0.555. The summed E-state index contributed by atoms with van der Waals surface area (Å²) in [6.07, 6.45) is 8.36. The molecule has 100 valence electrons. The normalized spacial score (nSPS) is 17.8. The van der Waals surface area contributed by atoms with E-state index in [9.17, 15) is 0 Å². The minimum absolute atomic E-state index is 0.106. The van der Waals surface area contributed by atoms with Crippen molar-refractivity contribution < 1.29 is 0 Å². The Hall–Kier alpha value is -1.26. The Bertz CT molecular complexity index is 528. The summed E-state index contributed by atoms with van der Waals surface area (Å²) >= 11 is 6.95. The zero-order valence-electron chi connectivity index (χ0n) is 11.4. The van der Waals surface area contributed by atoms with Crippen molar-refractivity contribution in [2.24, 2.45) is 0 Å². The van der Waals surface area contributed by atoms with Gasteiger partial charge in [0, 0.05) is 10.6 Å². The Labute approximate surface area is 124 Å². The van der Waals surface area contributed by atoms with E-state index in [1.165, 1.54) is 10.5 Å². The number of allylic oxidation sites excluding steroid dienone is 1. The number of thioether (sulfide) groups is 1. The third kappa shape index (κ3) is 4.11. The van der Waals surface area contributed by atoms with Crippen LogP contribution in [0, 0.1) is 0 Å². The van der Waals surface area contributed by atoms with Crippen molar-refractivity contribution in [3.8, 4) is 0 Å². The van der Waals surface area contributed by atoms with Gasteiger partial charge in [-0.05, 0) is 62.2 Å². The van der Waals surface area contributed by atoms with Crippen molar-refractivity contribution in [2.45, 2.75) is 24.3 Å². The van der Waals surface area contributed by atoms with Gasteiger partial charge in [-0.1, -0.05) is 18.2 Å². The van der Waals surface area contributed by atoms with Crippen molar-refractivity contribution in [3.63, 3.8) is 0 Å². The van der Waals surface area contributed by atoms with E-state index in [0.717, 1.165) is 5.70 Å². The molecule has 1 aromatic rings. The molecule has 2 N–H and O–H groups in total. The van der Waals surface area contributed by atoms with Gasteiger partial charge in [0.25, 0.3) is 0 Å². The molecule has 0 fully saturated rings. The van der Waals surface area contributed by atoms with E-state index >= 15 is 0 Å². The van der Waals surface area contributed by atoms with Gasteiger partial charge in [-0.3, -0.25) is 0 Å². The molecule has 1 heterocycles. The van der Waals surface area contributed by atoms with Gasteiger partial charge >= 0.3 is 0 Å². The predicted octanol–water partition coefficient (Wildman–Crippen LogP) is 3.56. The van der Waals surface area contributed by atoms with Crippen LogP contribution in [0.3, 0.4) is 0 Å². The molecule has 0 aliphatic carbocycles. The van der Waals surface area contributed by atoms with Crippen molar-refractivity contribution >= 4 is 35.2 Å². The summed E-state index contributed by atoms with van der Waals surface area (Å²) in [7, 11) is 0. The Kier molecular flexibility index (Phi) is 4.32. The number of hydrogen-bond donors (Lipinski definition) is 2. The first-order chi connectivity index (χ1) is 8.98. The van der Waals surface area contributed by atoms with Gasteiger partial charge in [-0.15, -0.1) is 11.8 Å². The zero-order valence-corrected chi connectivity index (χ0v) is 13.0. The maximum atomic E-state index is 5.20. The van der Waals surface area contributed by atoms with Crippen molar-refractivity contribution in [2.75, 3.05) is 6.26 Å². The Balaban J connectivity index is 2.13. The van der Waals surface area contributed by atoms with E-state index in [1.807, 2.05) is 0 Å². The highest BCUT2D eigenvalue weighted by Crippen LogP contribution is 2.17. The smallest absolute Gasteiger partial charge is 0.171 e. The second kappa shape index (κ2) is 5.80. The molecule has 0 atom stereocenters. The van der Waals surface area contributed by atoms with Crippen LogP contribution in [0.2, 0.25) is 0 Å². The zero-order chi connectivity index (χ0) is 13.9. The van der Waals surface area contributed by atoms with E-state index < -0.39 is 0 Å². The molecular formula is C15H18N2S2. The first kappa shape index (κ1) is 14.2. The van der Waals surface area contributed by atoms with Crippen LogP contribution in [-0.2, 0) is 0 Å². The van der Waals surface area contributed by atoms with E-state index in [1.54, 1.807) is 11.8 Å². The third-order valence-corrected chi connectivity index (χ3v) is 3.73. The quantitative estimate of drug-likeness (QED) is 0.656. The number of benzene rings is 1. The first-order valence-corrected chi connectivity index (χ1v) is 7.76. The fraction of sp³-hybridized carbons (Fsp3) is 0.267. The topological polar surface area (TPSA) is 24.1 Å². The molecule has 19 heavy (non-hydrogen) atoms. The summed E-state index contributed by atoms with van der Waals surface area (Å²) in [5, 5.41) is 7.03. The minimum Gasteiger partial charge on any atom is -0.354 e. The molecule has 0 saturated heterocycles. The molecule has 0 bridgehead atoms. The lowest BCUT2D eigenvalue weighted by atomic mass is 10.0. The van der Waals surface area contributed by atoms with Gasteiger partial charge in [0.2, 0.25) is 0 Å². The van der Waals surface area contributed by atoms with Crippen LogP contribution in [0.1, 0.15) is 19.4 Å². The average molecular weight is 290 g/mol. The maximum Gasteiger partial charge on any atom is 0.171 e. The van der Waals surface area contributed by atoms with Crippen LogP contribution in [0.5, 0.6) is 0 Å². The minimum atomic E-state index is -0.106. The molecule has 0 unspecified atom stereocenters. The van der Waals surface area contributed by atoms with Crippen LogP contribution in [0.25, 0.3) is 6.08 Å². The molecule has 0 saturated carbocycles. The van der Waals surface area contributed by atoms with Gasteiger partial charge in [0.1, 0.15) is 0 Å². The summed E-state index contributed by atoms with van der Waals surface area (Å²) in [4.78, 5) is 1.28. The third-order valence-electron chi connectivity index (χ3n) is 2.78. The fourth-order valence-electron chi connectivity index (χ4n) is 1.91. The highest BCUT2D eigenvalue weighted by molar-refractivity contribution is 7.98. The van der Waals surface area contributed by atoms with Crippen LogP contribution < -0.4 is 10.6 Å². The first-order valence-electron chi connectivity index (χ1n) is 6.13. The summed E-state index contributed by atoms with van der Waals surface area (Å²) in [5.41, 5.74) is 2.11. The second-order valence-corrected chi connectivity index (χ2v) is 6.29. The Morgan fingerprint density at radius 2 is 1.84 bits per heavy atom. The predicted molar refractivity (Wildman–Crippen MR) is 88.3 cm³/mol. The standard InChI is InChI=1S/C15H18N2S2/c1-15(2)10-12(16-14(18)17-15)7-4-11-5-8-13(19-3)9-6-11/h4-10H,1-3H3,(H2,16,17,18)/b7-4+. The molecule has 0 radical (unpaired) electrons. The average Bonchev–Trinajstić information content (AvgIpc) is 2.34. The molecule has 1 aliphatic heterocycles. The van der Waals surface area contributed by atoms with Crippen LogP contribution in [0.4, 0.5) is 0 Å². The van der Waals surface area contributed by atoms with Gasteiger partial charge in [-0.2, -0.15) is 0 Å². The second-order valence-electron chi connectivity index (χ2n) is 5.01. The van der Waals surface area contributed by atoms with Gasteiger partial charge < -0.3 is 10.6 Å². The SMILES string of the molecule is CSc1ccc(/C=C/C2=CC(C)(C)NC(=S)N2)cc1. The summed E-state index contributed by atoms with van der Waals surface area (Å²) in [6.45, 7) is 4.20. The fourth-order valence-corrected chi connectivity index (χ4v) is 2.70. The van der Waals surface area contributed by atoms with Gasteiger partial charge in [0.05, 0.1) is 5.54 Å². The number of hydrogen-bond acceptors (Lipinski definition) is 2. The number of thiocarbonyl (C=S) groups is 1. The van der Waals surface area contributed by atoms with E-state index in [0.29, 0.717) is 5.11 Å². The van der Waals surface area contributed by atoms with Crippen LogP contribution >= 0.6 is 24.0 Å². The Morgan fingerprint density at radius 3 is 2.42 bits per heavy atom. The van der Waals surface area contributed by atoms with Crippen molar-refractivity contribution in [3.05, 3.63) is 47.7 Å². The maximum absolute atomic E-state index is 5.20. The van der Waals surface area contributed by atoms with E-state index in [-0.39, 0.29) is 5.54 Å². The number of nitrogens with one attached hydrogen (secondary N) is 2. The van der Waals surface area contributed by atoms with Crippen LogP contribution in [-0.4, -0.2) is 16.9 Å². The molecule has 0 aromatic heterocycles. The summed E-state index contributed by atoms with van der Waals surface area (Å²) < 4.78 is 0. The van der Waals surface area contributed by atoms with Crippen LogP contribution in [0.15, 0.2) is 47.0 Å². The lowest BCUT2D eigenvalue weighted by Gasteiger charge is -2.30. The molecule has 2 nitrogen and oxygen atoms in total. The van der Waals surface area contributed by atoms with Crippen molar-refractivity contribution in [1.82, 2.24) is 10.6 Å². The van der Waals surface area contributed by atoms with Gasteiger partial charge in [-0.25, -0.2) is 0 Å². The van der Waals surface area contributed by atoms with E-state index in [2.05, 4.69) is 73.2 Å². The lowest BCUT2D eigenvalue weighted by Crippen LogP contribution is -2.51. The van der Waals surface area contributed by atoms with E-state index in [4.69, 9.17) is 12.2 Å². The molecule has 2 rings (SSSR count). The number of rotatable bonds is 3. The van der Waals surface area contributed by atoms with Crippen molar-refractivity contribution in [1.29, 1.82) is 0 Å². The summed E-state index contributed by atoms with van der Waals surface area (Å²) in [5.74, 6) is 0. The monoisotopic (exact) mass is 290 g/mol. The summed E-state index contributed by atoms with van der Waals surface area (Å²) in [6, 6.07) is 8.49. The highest BCUT2D eigenvalue weighted by atomic mass is 32.2. The molecular weight excluding hydrogens is 272 g/mol. The van der Waals surface area contributed by atoms with Gasteiger partial charge in [0.15, 0.2) is 5.11 Å². The largest absolute Gasteiger partial charge is 0.354 e. The molecule has 0 amide bonds.